The first-order valence-corrected chi connectivity index (χ1v) is 24.4. The molecule has 3 rings (SSSR count). The van der Waals surface area contributed by atoms with Gasteiger partial charge in [-0.05, 0) is 84.5 Å². The Morgan fingerprint density at radius 1 is 0.500 bits per heavy atom. The van der Waals surface area contributed by atoms with Crippen LogP contribution in [-0.4, -0.2) is 29.8 Å². The summed E-state index contributed by atoms with van der Waals surface area (Å²) >= 11 is 7.37. The van der Waals surface area contributed by atoms with Crippen molar-refractivity contribution in [1.29, 1.82) is 0 Å². The third-order valence-electron chi connectivity index (χ3n) is 10.1. The highest BCUT2D eigenvalue weighted by Gasteiger charge is 2.55. The molecule has 2 aromatic rings. The van der Waals surface area contributed by atoms with Crippen LogP contribution < -0.4 is 0 Å². The molecule has 4 nitrogen and oxygen atoms in total. The topological polar surface area (TPSA) is 36.9 Å². The van der Waals surface area contributed by atoms with Gasteiger partial charge in [0.1, 0.15) is 11.5 Å². The van der Waals surface area contributed by atoms with Gasteiger partial charge in [-0.25, -0.2) is 0 Å². The monoisotopic (exact) mass is 792 g/mol. The summed E-state index contributed by atoms with van der Waals surface area (Å²) in [6.07, 6.45) is 8.53. The van der Waals surface area contributed by atoms with E-state index in [0.717, 1.165) is 93.5 Å². The van der Waals surface area contributed by atoms with E-state index in [1.807, 2.05) is 0 Å². The van der Waals surface area contributed by atoms with E-state index in [4.69, 9.17) is 18.3 Å². The number of hydrogen-bond acceptors (Lipinski definition) is 4. The molecule has 0 fully saturated rings. The summed E-state index contributed by atoms with van der Waals surface area (Å²) < 4.78 is 31.4. The molecule has 0 aliphatic heterocycles. The summed E-state index contributed by atoms with van der Waals surface area (Å²) in [5.41, 5.74) is 0.219. The second kappa shape index (κ2) is 18.0. The van der Waals surface area contributed by atoms with Crippen LogP contribution in [0, 0.1) is 0 Å². The smallest absolute Gasteiger partial charge is 0.194 e. The summed E-state index contributed by atoms with van der Waals surface area (Å²) in [5, 5.41) is 0. The van der Waals surface area contributed by atoms with Crippen molar-refractivity contribution in [3.05, 3.63) is 92.3 Å². The molecule has 0 N–H and O–H groups in total. The largest absolute Gasteiger partial charge is 0.494 e. The fourth-order valence-corrected chi connectivity index (χ4v) is 12.7. The molecule has 0 amide bonds. The number of benzene rings is 2. The highest BCUT2D eigenvalue weighted by molar-refractivity contribution is 9.10. The van der Waals surface area contributed by atoms with Crippen LogP contribution in [0.5, 0.6) is 0 Å². The van der Waals surface area contributed by atoms with Gasteiger partial charge >= 0.3 is 0 Å². The van der Waals surface area contributed by atoms with E-state index in [1.54, 1.807) is 0 Å². The normalized spacial score (nSPS) is 20.3. The maximum atomic E-state index is 7.70. The van der Waals surface area contributed by atoms with Gasteiger partial charge in [-0.15, -0.1) is 0 Å². The molecule has 1 aliphatic rings. The van der Waals surface area contributed by atoms with Gasteiger partial charge in [0.2, 0.25) is 0 Å². The Balaban J connectivity index is 2.51. The molecule has 0 bridgehead atoms. The van der Waals surface area contributed by atoms with Crippen LogP contribution in [0.25, 0.3) is 0 Å². The van der Waals surface area contributed by atoms with Crippen LogP contribution in [0.2, 0.25) is 36.3 Å². The predicted octanol–water partition coefficient (Wildman–Crippen LogP) is 12.8. The SMILES string of the molecule is CCCCOC1=CC(O[Si](CC)(CC)CC)(c2ccc(Br)cc2)C(OCCCC)=CC1(O[Si](CC)(CC)CC)c1ccc(Br)cc1. The van der Waals surface area contributed by atoms with E-state index < -0.39 is 27.8 Å². The van der Waals surface area contributed by atoms with Crippen molar-refractivity contribution in [2.24, 2.45) is 0 Å². The minimum absolute atomic E-state index is 0.608. The lowest BCUT2D eigenvalue weighted by molar-refractivity contribution is 0.00295. The van der Waals surface area contributed by atoms with Gasteiger partial charge in [0.05, 0.1) is 13.2 Å². The maximum absolute atomic E-state index is 7.70. The zero-order chi connectivity index (χ0) is 33.8. The number of ether oxygens (including phenoxy) is 2. The Morgan fingerprint density at radius 2 is 0.804 bits per heavy atom. The van der Waals surface area contributed by atoms with Gasteiger partial charge in [0.15, 0.2) is 27.8 Å². The van der Waals surface area contributed by atoms with E-state index in [-0.39, 0.29) is 0 Å². The minimum Gasteiger partial charge on any atom is -0.494 e. The lowest BCUT2D eigenvalue weighted by Gasteiger charge is -2.49. The molecule has 0 aromatic heterocycles. The van der Waals surface area contributed by atoms with E-state index in [2.05, 4.69) is 148 Å². The lowest BCUT2D eigenvalue weighted by atomic mass is 9.78. The summed E-state index contributed by atoms with van der Waals surface area (Å²) in [7, 11) is -4.40. The van der Waals surface area contributed by atoms with Gasteiger partial charge in [-0.3, -0.25) is 0 Å². The molecule has 0 radical (unpaired) electrons. The van der Waals surface area contributed by atoms with E-state index in [0.29, 0.717) is 13.2 Å². The summed E-state index contributed by atoms with van der Waals surface area (Å²) in [5.74, 6) is 1.62. The molecule has 46 heavy (non-hydrogen) atoms. The number of rotatable bonds is 20. The molecule has 8 heteroatoms. The predicted molar refractivity (Wildman–Crippen MR) is 206 cm³/mol. The highest BCUT2D eigenvalue weighted by atomic mass is 79.9. The van der Waals surface area contributed by atoms with Crippen molar-refractivity contribution in [3.63, 3.8) is 0 Å². The van der Waals surface area contributed by atoms with Gasteiger partial charge in [-0.1, -0.05) is 124 Å². The second-order valence-electron chi connectivity index (χ2n) is 12.6. The van der Waals surface area contributed by atoms with E-state index >= 15 is 0 Å². The number of halogens is 2. The van der Waals surface area contributed by atoms with Gasteiger partial charge in [0.25, 0.3) is 0 Å². The molecule has 256 valence electrons. The zero-order valence-electron chi connectivity index (χ0n) is 29.6. The molecule has 0 saturated heterocycles. The number of hydrogen-bond donors (Lipinski definition) is 0. The molecule has 0 spiro atoms. The Morgan fingerprint density at radius 3 is 1.07 bits per heavy atom. The minimum atomic E-state index is -2.20. The quantitative estimate of drug-likeness (QED) is 0.0988. The van der Waals surface area contributed by atoms with Crippen LogP contribution in [0.1, 0.15) is 92.2 Å². The van der Waals surface area contributed by atoms with Crippen LogP contribution in [0.4, 0.5) is 0 Å². The van der Waals surface area contributed by atoms with E-state index in [9.17, 15) is 0 Å². The van der Waals surface area contributed by atoms with E-state index in [1.165, 1.54) is 0 Å². The number of unbranched alkanes of at least 4 members (excludes halogenated alkanes) is 2. The van der Waals surface area contributed by atoms with Crippen LogP contribution in [-0.2, 0) is 29.5 Å². The first kappa shape index (κ1) is 39.3. The average Bonchev–Trinajstić information content (AvgIpc) is 3.08. The lowest BCUT2D eigenvalue weighted by Crippen LogP contribution is -2.52. The summed E-state index contributed by atoms with van der Waals surface area (Å²) in [6, 6.07) is 23.3. The van der Waals surface area contributed by atoms with Crippen molar-refractivity contribution in [2.75, 3.05) is 13.2 Å². The molecular formula is C38H58Br2O4Si2. The van der Waals surface area contributed by atoms with Crippen LogP contribution in [0.3, 0.4) is 0 Å². The Kier molecular flexibility index (Phi) is 15.4. The summed E-state index contributed by atoms with van der Waals surface area (Å²) in [6.45, 7) is 19.4. The second-order valence-corrected chi connectivity index (χ2v) is 23.8. The van der Waals surface area contributed by atoms with Gasteiger partial charge < -0.3 is 18.3 Å². The van der Waals surface area contributed by atoms with Crippen LogP contribution >= 0.6 is 31.9 Å². The summed E-state index contributed by atoms with van der Waals surface area (Å²) in [4.78, 5) is 0. The molecule has 1 aliphatic carbocycles. The van der Waals surface area contributed by atoms with Gasteiger partial charge in [-0.2, -0.15) is 0 Å². The molecule has 0 saturated carbocycles. The van der Waals surface area contributed by atoms with Crippen molar-refractivity contribution < 1.29 is 18.3 Å². The molecule has 2 atom stereocenters. The molecular weight excluding hydrogens is 736 g/mol. The van der Waals surface area contributed by atoms with Crippen molar-refractivity contribution in [2.45, 2.75) is 129 Å². The molecule has 2 unspecified atom stereocenters. The average molecular weight is 795 g/mol. The van der Waals surface area contributed by atoms with Crippen LogP contribution in [0.15, 0.2) is 81.1 Å². The standard InChI is InChI=1S/C38H58Br2O4Si2/c1-9-17-27-41-35-29-38(32-21-25-34(40)26-22-32,44-46(14-6,15-7)16-8)36(42-28-18-10-2)30-37(35,31-19-23-33(39)24-20-31)43-45(11-3,12-4)13-5/h19-26,29-30H,9-18,27-28H2,1-8H3. The Hall–Kier alpha value is -1.17. The van der Waals surface area contributed by atoms with Crippen molar-refractivity contribution in [1.82, 2.24) is 0 Å². The fourth-order valence-electron chi connectivity index (χ4n) is 6.42. The van der Waals surface area contributed by atoms with Crippen molar-refractivity contribution >= 4 is 48.5 Å². The van der Waals surface area contributed by atoms with Crippen molar-refractivity contribution in [3.8, 4) is 0 Å². The van der Waals surface area contributed by atoms with Gasteiger partial charge in [0, 0.05) is 21.1 Å². The fraction of sp³-hybridized carbons (Fsp3) is 0.579. The Labute approximate surface area is 299 Å². The third kappa shape index (κ3) is 8.70. The molecule has 2 aromatic carbocycles. The molecule has 0 heterocycles. The zero-order valence-corrected chi connectivity index (χ0v) is 34.8. The third-order valence-corrected chi connectivity index (χ3v) is 20.4. The highest BCUT2D eigenvalue weighted by Crippen LogP contribution is 2.53. The maximum Gasteiger partial charge on any atom is 0.194 e. The first-order chi connectivity index (χ1) is 22.1. The Bertz CT molecular complexity index is 1160. The first-order valence-electron chi connectivity index (χ1n) is 17.8.